The molecule has 0 aliphatic carbocycles. The lowest BCUT2D eigenvalue weighted by molar-refractivity contribution is -0.139. The van der Waals surface area contributed by atoms with Crippen LogP contribution in [-0.4, -0.2) is 227 Å². The molecule has 0 saturated heterocycles. The van der Waals surface area contributed by atoms with Crippen LogP contribution in [0.15, 0.2) is 143 Å². The fourth-order valence-electron chi connectivity index (χ4n) is 13.8. The van der Waals surface area contributed by atoms with Gasteiger partial charge in [0.1, 0.15) is 37.0 Å². The summed E-state index contributed by atoms with van der Waals surface area (Å²) < 4.78 is 78.0. The zero-order chi connectivity index (χ0) is 99.3. The molecule has 9 rings (SSSR count). The van der Waals surface area contributed by atoms with Crippen LogP contribution >= 0.6 is 0 Å². The van der Waals surface area contributed by atoms with Gasteiger partial charge in [0.2, 0.25) is 17.7 Å². The van der Waals surface area contributed by atoms with E-state index in [2.05, 4.69) is 84.6 Å². The van der Waals surface area contributed by atoms with Crippen molar-refractivity contribution in [3.63, 3.8) is 0 Å². The number of aromatic amines is 1. The zero-order valence-corrected chi connectivity index (χ0v) is 82.1. The van der Waals surface area contributed by atoms with Crippen molar-refractivity contribution < 1.29 is 85.1 Å². The molecule has 39 heteroatoms. The number of pyridine rings is 6. The van der Waals surface area contributed by atoms with Crippen molar-refractivity contribution in [3.8, 4) is 0 Å². The number of carboxylic acids is 1. The summed E-state index contributed by atoms with van der Waals surface area (Å²) in [6.45, 7) is 22.1. The summed E-state index contributed by atoms with van der Waals surface area (Å²) in [7, 11) is 10.8. The minimum absolute atomic E-state index is 0.149. The molecule has 6 amide bonds. The first-order chi connectivity index (χ1) is 63.5. The van der Waals surface area contributed by atoms with E-state index in [-0.39, 0.29) is 132 Å². The molecule has 0 bridgehead atoms. The number of methoxy groups -OCH3 is 3. The minimum Gasteiger partial charge on any atom is -0.480 e. The second kappa shape index (κ2) is 53.7. The van der Waals surface area contributed by atoms with E-state index in [9.17, 15) is 70.7 Å². The van der Waals surface area contributed by atoms with Crippen LogP contribution in [0.4, 0.5) is 33.2 Å². The third kappa shape index (κ3) is 34.3. The number of aryl methyl sites for hydroxylation is 3. The van der Waals surface area contributed by atoms with Crippen LogP contribution in [0.3, 0.4) is 0 Å². The van der Waals surface area contributed by atoms with Crippen molar-refractivity contribution in [2.75, 3.05) is 82.6 Å². The number of ketones is 2. The predicted octanol–water partition coefficient (Wildman–Crippen LogP) is 12.5. The molecule has 0 aliphatic rings. The Bertz CT molecular complexity index is 5800. The number of halogens is 3. The number of Topliss-reactive ketones (excluding diaryl/α,β-unsaturated/α-hetero) is 2. The topological polar surface area (TPSA) is 422 Å². The molecule has 728 valence electrons. The van der Waals surface area contributed by atoms with Gasteiger partial charge in [-0.05, 0) is 131 Å². The first-order valence-corrected chi connectivity index (χ1v) is 51.8. The number of H-pyrrole nitrogens is 1. The number of hydrogen-bond donors (Lipinski definition) is 6. The molecule has 0 radical (unpaired) electrons. The molecule has 7 N–H and O–H groups in total. The summed E-state index contributed by atoms with van der Waals surface area (Å²) in [4.78, 5) is 166. The number of nitrogens with one attached hydrogen (secondary N) is 4. The largest absolute Gasteiger partial charge is 0.480 e. The number of carboxylic acid groups (broad SMARTS) is 1. The van der Waals surface area contributed by atoms with Crippen molar-refractivity contribution in [2.45, 2.75) is 213 Å². The van der Waals surface area contributed by atoms with Gasteiger partial charge in [-0.1, -0.05) is 110 Å². The normalized spacial score (nSPS) is 12.2. The van der Waals surface area contributed by atoms with Gasteiger partial charge in [-0.25, -0.2) is 32.3 Å². The number of alkyl carbamates (subject to hydrolysis) is 3. The third-order valence-electron chi connectivity index (χ3n) is 21.3. The number of anilines is 1. The van der Waals surface area contributed by atoms with Crippen LogP contribution in [0.25, 0.3) is 33.1 Å². The number of ether oxygens (including phenoxy) is 5. The first-order valence-electron chi connectivity index (χ1n) is 44.4. The summed E-state index contributed by atoms with van der Waals surface area (Å²) >= 11 is 0. The van der Waals surface area contributed by atoms with E-state index in [1.807, 2.05) is 42.0 Å². The number of amides is 6. The van der Waals surface area contributed by atoms with E-state index >= 15 is 0 Å². The van der Waals surface area contributed by atoms with Gasteiger partial charge in [-0.3, -0.25) is 53.3 Å². The number of nitrogen functional groups attached to an aromatic ring is 1. The molecule has 0 fully saturated rings. The fraction of sp³-hybridized carbons (Fsp3) is 0.463. The second-order valence-corrected chi connectivity index (χ2v) is 46.2. The molecule has 0 unspecified atom stereocenters. The minimum atomic E-state index is -1.33. The highest BCUT2D eigenvalue weighted by Gasteiger charge is 2.28. The van der Waals surface area contributed by atoms with Gasteiger partial charge in [-0.15, -0.1) is 0 Å². The van der Waals surface area contributed by atoms with E-state index in [0.717, 1.165) is 55.4 Å². The molecule has 34 nitrogen and oxygen atoms in total. The molecule has 0 aromatic carbocycles. The molecule has 0 saturated carbocycles. The average Bonchev–Trinajstić information content (AvgIpc) is 1.60. The van der Waals surface area contributed by atoms with Crippen molar-refractivity contribution in [2.24, 2.45) is 0 Å². The maximum absolute atomic E-state index is 15.0. The summed E-state index contributed by atoms with van der Waals surface area (Å²) in [5.74, 6) is -3.50. The SMILES string of the molecule is CCCc1c(F)cnc2cc(Cn3cccc(CC(=O)[C@H](CC/C=C/C(=O)N(C)C)NC(=O)OC)c3=O)[nH]c12.CCCc1c(F)cnc2cc(Cn3cccc(CC(=O)[C@H](CC/C=C/C(=O)N(C)C)NC(=O)OC)c3=O)n(COCC[Si](C)(C)C)c12.CCCc1c(F)cnc2cc(Cn3cccc(N)c3=O)n(COCC[Si](C)(C)C)c12.COC(=O)N[C@@H](CC/C=C/C(=O)N(C)C)C(=O)O. The highest BCUT2D eigenvalue weighted by atomic mass is 28.3. The number of fused-ring (bicyclic) bond motifs is 3. The highest BCUT2D eigenvalue weighted by Crippen LogP contribution is 2.30. The fourth-order valence-corrected chi connectivity index (χ4v) is 15.3. The van der Waals surface area contributed by atoms with E-state index in [0.29, 0.717) is 115 Å². The van der Waals surface area contributed by atoms with Gasteiger partial charge in [0.05, 0.1) is 110 Å². The van der Waals surface area contributed by atoms with Gasteiger partial charge >= 0.3 is 24.2 Å². The third-order valence-corrected chi connectivity index (χ3v) is 24.7. The molecule has 134 heavy (non-hydrogen) atoms. The lowest BCUT2D eigenvalue weighted by atomic mass is 10.0. The van der Waals surface area contributed by atoms with Gasteiger partial charge in [-0.2, -0.15) is 0 Å². The lowest BCUT2D eigenvalue weighted by Crippen LogP contribution is -2.42. The average molecular weight is 1900 g/mol. The lowest BCUT2D eigenvalue weighted by Gasteiger charge is -2.18. The van der Waals surface area contributed by atoms with Crippen LogP contribution in [-0.2, 0) is 118 Å². The number of carbonyl (C=O) groups is 9. The Kier molecular flexibility index (Phi) is 44.0. The highest BCUT2D eigenvalue weighted by molar-refractivity contribution is 6.76. The Morgan fingerprint density at radius 3 is 1.22 bits per heavy atom. The number of hydrogen-bond acceptors (Lipinski definition) is 21. The maximum Gasteiger partial charge on any atom is 0.407 e. The van der Waals surface area contributed by atoms with Crippen LogP contribution in [0.2, 0.25) is 51.4 Å². The second-order valence-electron chi connectivity index (χ2n) is 35.0. The first kappa shape index (κ1) is 110. The summed E-state index contributed by atoms with van der Waals surface area (Å²) in [5.41, 5.74) is 13.5. The van der Waals surface area contributed by atoms with Gasteiger partial charge in [0.25, 0.3) is 16.7 Å². The molecular weight excluding hydrogens is 1770 g/mol. The molecule has 9 heterocycles. The standard InChI is InChI=1S/C34H48FN5O6Si.C28H34FN5O5.C22H31FN4O2Si.C11H18N2O5/c1-8-12-26-27(35)21-36-29-20-25(40(32(26)29)23-46-17-18-47(5,6)7)22-39-16-11-13-24(33(39)43)19-30(41)28(37-34(44)45-4)14-9-10-15-31(42)38(2)3;1-5-9-20-21(29)16-30-23-15-19(31-26(20)23)17-34-13-8-10-18(27(34)37)14-24(35)22(32-28(38)39-4)11-6-7-12-25(36)33(2)3;1-5-7-17-18(23)13-25-20-12-16(14-26-9-6-8-19(24)22(26)28)27(21(17)20)15-29-10-11-30(2,3)4;1-13(2)9(14)7-5-4-6-8(10(15)16)12-11(17)18-3/h10-11,13,15-16,20-21,28H,8-9,12,14,17-19,22-23H2,1-7H3,(H,37,44);7-8,10,12-13,15-16,22,31H,5-6,9,11,14,17H2,1-4H3,(H,32,38);6,8-9,12-13H,5,7,10-11,14-15,24H2,1-4H3;5,7-8H,4,6H2,1-3H3,(H,12,17)(H,15,16)/b15-10+;12-7+;;7-5+/t28-;22-;;8-/m00.0/s1. The summed E-state index contributed by atoms with van der Waals surface area (Å²) in [5, 5.41) is 16.1. The number of nitrogens with zero attached hydrogens (tertiary/aromatic N) is 11. The van der Waals surface area contributed by atoms with Crippen LogP contribution in [0.1, 0.15) is 123 Å². The quantitative estimate of drug-likeness (QED) is 0.00894. The number of aromatic nitrogens is 9. The maximum atomic E-state index is 15.0. The van der Waals surface area contributed by atoms with Crippen molar-refractivity contribution in [1.29, 1.82) is 0 Å². The van der Waals surface area contributed by atoms with E-state index in [1.165, 1.54) is 74.9 Å². The Labute approximate surface area is 780 Å². The van der Waals surface area contributed by atoms with E-state index in [4.69, 9.17) is 25.1 Å². The molecular formula is C95H131F3N16O18Si2. The predicted molar refractivity (Wildman–Crippen MR) is 514 cm³/mol. The van der Waals surface area contributed by atoms with E-state index in [1.54, 1.807) is 126 Å². The number of rotatable bonds is 44. The van der Waals surface area contributed by atoms with Crippen molar-refractivity contribution >= 4 is 108 Å². The molecule has 0 spiro atoms. The molecule has 0 aliphatic heterocycles. The van der Waals surface area contributed by atoms with Crippen LogP contribution in [0, 0.1) is 17.5 Å². The van der Waals surface area contributed by atoms with Gasteiger partial charge in [0, 0.05) is 148 Å². The molecule has 9 aromatic rings. The van der Waals surface area contributed by atoms with Crippen LogP contribution in [0.5, 0.6) is 0 Å². The number of nitrogens with two attached hydrogens (primary N) is 1. The zero-order valence-electron chi connectivity index (χ0n) is 80.1. The Morgan fingerprint density at radius 2 is 0.851 bits per heavy atom. The summed E-state index contributed by atoms with van der Waals surface area (Å²) in [6, 6.07) is 14.6. The monoisotopic (exact) mass is 1900 g/mol. The smallest absolute Gasteiger partial charge is 0.407 e. The number of allylic oxidation sites excluding steroid dienone is 3. The Morgan fingerprint density at radius 1 is 0.500 bits per heavy atom. The van der Waals surface area contributed by atoms with Crippen LogP contribution < -0.4 is 38.4 Å². The van der Waals surface area contributed by atoms with Gasteiger partial charge < -0.3 is 93.0 Å². The summed E-state index contributed by atoms with van der Waals surface area (Å²) in [6.07, 6.45) is 20.7. The van der Waals surface area contributed by atoms with Gasteiger partial charge in [0.15, 0.2) is 11.6 Å². The number of carbonyl (C=O) groups excluding carboxylic acids is 8. The van der Waals surface area contributed by atoms with E-state index < -0.39 is 58.5 Å². The number of likely N-dealkylation sites (N-methyl/N-ethyl adjacent to an activating group) is 3. The Balaban J connectivity index is 0.000000288. The Hall–Kier alpha value is -12.9. The van der Waals surface area contributed by atoms with Crippen molar-refractivity contribution in [3.05, 3.63) is 222 Å². The van der Waals surface area contributed by atoms with Crippen molar-refractivity contribution in [1.82, 2.24) is 73.4 Å². The molecule has 3 atom stereocenters. The number of aliphatic carboxylic acids is 1. The molecule has 9 aromatic heterocycles.